The minimum Gasteiger partial charge on any atom is -0.496 e. The normalized spacial score (nSPS) is 11.7. The number of Topliss-reactive ketones (excluding diaryl/α,β-unsaturated/α-hetero) is 2. The van der Waals surface area contributed by atoms with Crippen LogP contribution in [-0.4, -0.2) is 38.1 Å². The molecule has 0 saturated carbocycles. The molecule has 0 bridgehead atoms. The zero-order valence-corrected chi connectivity index (χ0v) is 12.2. The standard InChI is InChI=1S/C14H10F6O4/c1-23-9-4-3-5-10(24-2)7(9)6-8(11(21)13(15,16)17)12(22)14(18,19)20/h3-6H,1-2H3. The molecule has 0 aliphatic rings. The van der Waals surface area contributed by atoms with Crippen molar-refractivity contribution in [1.29, 1.82) is 0 Å². The molecule has 0 saturated heterocycles. The number of hydrogen-bond acceptors (Lipinski definition) is 4. The molecule has 0 atom stereocenters. The first-order valence-corrected chi connectivity index (χ1v) is 6.09. The van der Waals surface area contributed by atoms with Gasteiger partial charge in [-0.25, -0.2) is 0 Å². The molecule has 0 spiro atoms. The van der Waals surface area contributed by atoms with E-state index in [1.807, 2.05) is 0 Å². The molecule has 0 aromatic heterocycles. The van der Waals surface area contributed by atoms with Crippen LogP contribution in [-0.2, 0) is 9.59 Å². The van der Waals surface area contributed by atoms with Crippen LogP contribution >= 0.6 is 0 Å². The monoisotopic (exact) mass is 356 g/mol. The third-order valence-electron chi connectivity index (χ3n) is 2.76. The topological polar surface area (TPSA) is 52.6 Å². The summed E-state index contributed by atoms with van der Waals surface area (Å²) in [6.07, 6.45) is -11.2. The SMILES string of the molecule is COc1cccc(OC)c1C=C(C(=O)C(F)(F)F)C(=O)C(F)(F)F. The Hall–Kier alpha value is -2.52. The Labute approximate surface area is 131 Å². The third-order valence-corrected chi connectivity index (χ3v) is 2.76. The van der Waals surface area contributed by atoms with Crippen molar-refractivity contribution < 1.29 is 45.4 Å². The predicted octanol–water partition coefficient (Wildman–Crippen LogP) is 3.35. The average Bonchev–Trinajstić information content (AvgIpc) is 2.49. The molecular weight excluding hydrogens is 346 g/mol. The van der Waals surface area contributed by atoms with Gasteiger partial charge in [0.15, 0.2) is 0 Å². The Morgan fingerprint density at radius 2 is 1.25 bits per heavy atom. The molecule has 0 heterocycles. The number of carbonyl (C=O) groups excluding carboxylic acids is 2. The van der Waals surface area contributed by atoms with Crippen LogP contribution in [0, 0.1) is 0 Å². The number of ketones is 2. The summed E-state index contributed by atoms with van der Waals surface area (Å²) in [6.45, 7) is 0. The number of hydrogen-bond donors (Lipinski definition) is 0. The number of rotatable bonds is 5. The van der Waals surface area contributed by atoms with Crippen molar-refractivity contribution in [1.82, 2.24) is 0 Å². The molecular formula is C14H10F6O4. The quantitative estimate of drug-likeness (QED) is 0.351. The average molecular weight is 356 g/mol. The van der Waals surface area contributed by atoms with Gasteiger partial charge >= 0.3 is 12.4 Å². The van der Waals surface area contributed by atoms with E-state index in [-0.39, 0.29) is 17.6 Å². The summed E-state index contributed by atoms with van der Waals surface area (Å²) < 4.78 is 84.9. The molecule has 0 unspecified atom stereocenters. The molecule has 0 radical (unpaired) electrons. The number of methoxy groups -OCH3 is 2. The summed E-state index contributed by atoms with van der Waals surface area (Å²) in [6, 6.07) is 3.77. The summed E-state index contributed by atoms with van der Waals surface area (Å²) in [5, 5.41) is 0. The van der Waals surface area contributed by atoms with E-state index in [4.69, 9.17) is 9.47 Å². The van der Waals surface area contributed by atoms with Gasteiger partial charge < -0.3 is 9.47 Å². The van der Waals surface area contributed by atoms with Crippen LogP contribution in [0.3, 0.4) is 0 Å². The van der Waals surface area contributed by atoms with Crippen LogP contribution in [0.15, 0.2) is 23.8 Å². The fraction of sp³-hybridized carbons (Fsp3) is 0.286. The summed E-state index contributed by atoms with van der Waals surface area (Å²) in [5.74, 6) is -6.20. The van der Waals surface area contributed by atoms with Crippen molar-refractivity contribution in [2.24, 2.45) is 0 Å². The van der Waals surface area contributed by atoms with Gasteiger partial charge in [-0.15, -0.1) is 0 Å². The predicted molar refractivity (Wildman–Crippen MR) is 69.6 cm³/mol. The number of alkyl halides is 6. The lowest BCUT2D eigenvalue weighted by Crippen LogP contribution is -2.34. The molecule has 24 heavy (non-hydrogen) atoms. The third kappa shape index (κ3) is 4.27. The summed E-state index contributed by atoms with van der Waals surface area (Å²) in [5.41, 5.74) is -2.49. The number of ether oxygens (including phenoxy) is 2. The number of halogens is 6. The summed E-state index contributed by atoms with van der Waals surface area (Å²) in [7, 11) is 2.20. The van der Waals surface area contributed by atoms with Crippen molar-refractivity contribution in [3.63, 3.8) is 0 Å². The van der Waals surface area contributed by atoms with Gasteiger partial charge in [0, 0.05) is 0 Å². The van der Waals surface area contributed by atoms with Gasteiger partial charge in [-0.1, -0.05) is 6.07 Å². The zero-order chi connectivity index (χ0) is 18.7. The maximum atomic E-state index is 12.5. The fourth-order valence-electron chi connectivity index (χ4n) is 1.71. The molecule has 1 aromatic carbocycles. The number of carbonyl (C=O) groups is 2. The maximum absolute atomic E-state index is 12.5. The van der Waals surface area contributed by atoms with Gasteiger partial charge in [0.1, 0.15) is 11.5 Å². The van der Waals surface area contributed by atoms with Crippen molar-refractivity contribution in [2.45, 2.75) is 12.4 Å². The van der Waals surface area contributed by atoms with Crippen LogP contribution in [0.2, 0.25) is 0 Å². The van der Waals surface area contributed by atoms with Crippen LogP contribution in [0.5, 0.6) is 11.5 Å². The summed E-state index contributed by atoms with van der Waals surface area (Å²) in [4.78, 5) is 22.5. The van der Waals surface area contributed by atoms with E-state index in [1.54, 1.807) is 0 Å². The molecule has 1 rings (SSSR count). The van der Waals surface area contributed by atoms with Crippen molar-refractivity contribution in [3.8, 4) is 11.5 Å². The lowest BCUT2D eigenvalue weighted by Gasteiger charge is -2.14. The summed E-state index contributed by atoms with van der Waals surface area (Å²) >= 11 is 0. The molecule has 0 amide bonds. The highest BCUT2D eigenvalue weighted by Crippen LogP contribution is 2.34. The van der Waals surface area contributed by atoms with E-state index in [0.717, 1.165) is 14.2 Å². The molecule has 10 heteroatoms. The molecule has 0 fully saturated rings. The molecule has 0 aliphatic heterocycles. The highest BCUT2D eigenvalue weighted by Gasteiger charge is 2.50. The second kappa shape index (κ2) is 6.93. The lowest BCUT2D eigenvalue weighted by molar-refractivity contribution is -0.175. The molecule has 1 aromatic rings. The minimum absolute atomic E-state index is 0.156. The van der Waals surface area contributed by atoms with E-state index in [9.17, 15) is 35.9 Å². The van der Waals surface area contributed by atoms with E-state index in [1.165, 1.54) is 18.2 Å². The molecule has 132 valence electrons. The van der Waals surface area contributed by atoms with E-state index in [2.05, 4.69) is 0 Å². The van der Waals surface area contributed by atoms with Gasteiger partial charge in [-0.3, -0.25) is 9.59 Å². The van der Waals surface area contributed by atoms with Crippen LogP contribution in [0.25, 0.3) is 6.08 Å². The highest BCUT2D eigenvalue weighted by atomic mass is 19.4. The Kier molecular flexibility index (Phi) is 5.64. The fourth-order valence-corrected chi connectivity index (χ4v) is 1.71. The Morgan fingerprint density at radius 3 is 1.54 bits per heavy atom. The highest BCUT2D eigenvalue weighted by molar-refractivity contribution is 6.26. The molecule has 0 N–H and O–H groups in total. The van der Waals surface area contributed by atoms with E-state index < -0.39 is 35.1 Å². The van der Waals surface area contributed by atoms with Crippen LogP contribution < -0.4 is 9.47 Å². The van der Waals surface area contributed by atoms with Gasteiger partial charge in [-0.05, 0) is 18.2 Å². The lowest BCUT2D eigenvalue weighted by atomic mass is 10.0. The first-order valence-electron chi connectivity index (χ1n) is 6.09. The van der Waals surface area contributed by atoms with Gasteiger partial charge in [0.05, 0.1) is 25.4 Å². The Bertz CT molecular complexity index is 623. The smallest absolute Gasteiger partial charge is 0.455 e. The van der Waals surface area contributed by atoms with Gasteiger partial charge in [0.2, 0.25) is 0 Å². The minimum atomic E-state index is -5.66. The molecule has 4 nitrogen and oxygen atoms in total. The maximum Gasteiger partial charge on any atom is 0.455 e. The van der Waals surface area contributed by atoms with Crippen LogP contribution in [0.4, 0.5) is 26.3 Å². The van der Waals surface area contributed by atoms with Crippen molar-refractivity contribution >= 4 is 17.6 Å². The number of benzene rings is 1. The number of allylic oxidation sites excluding steroid dienone is 1. The van der Waals surface area contributed by atoms with E-state index in [0.29, 0.717) is 0 Å². The largest absolute Gasteiger partial charge is 0.496 e. The van der Waals surface area contributed by atoms with Gasteiger partial charge in [0.25, 0.3) is 11.6 Å². The Balaban J connectivity index is 3.65. The first kappa shape index (κ1) is 19.5. The van der Waals surface area contributed by atoms with E-state index >= 15 is 0 Å². The Morgan fingerprint density at radius 1 is 0.875 bits per heavy atom. The van der Waals surface area contributed by atoms with Crippen molar-refractivity contribution in [3.05, 3.63) is 29.3 Å². The second-order valence-electron chi connectivity index (χ2n) is 4.29. The zero-order valence-electron chi connectivity index (χ0n) is 12.2. The van der Waals surface area contributed by atoms with Crippen LogP contribution in [0.1, 0.15) is 5.56 Å². The van der Waals surface area contributed by atoms with Crippen molar-refractivity contribution in [2.75, 3.05) is 14.2 Å². The molecule has 0 aliphatic carbocycles. The van der Waals surface area contributed by atoms with Gasteiger partial charge in [-0.2, -0.15) is 26.3 Å². The second-order valence-corrected chi connectivity index (χ2v) is 4.29. The first-order chi connectivity index (χ1) is 10.9.